The number of esters is 1. The van der Waals surface area contributed by atoms with Crippen LogP contribution < -0.4 is 5.32 Å². The molecule has 24 heavy (non-hydrogen) atoms. The van der Waals surface area contributed by atoms with Gasteiger partial charge in [0.2, 0.25) is 5.91 Å². The van der Waals surface area contributed by atoms with Crippen molar-refractivity contribution in [3.05, 3.63) is 48.0 Å². The maximum Gasteiger partial charge on any atom is 0.330 e. The third kappa shape index (κ3) is 4.94. The van der Waals surface area contributed by atoms with Crippen LogP contribution in [0.1, 0.15) is 23.2 Å². The van der Waals surface area contributed by atoms with E-state index in [1.165, 1.54) is 13.2 Å². The summed E-state index contributed by atoms with van der Waals surface area (Å²) in [5.74, 6) is -0.826. The van der Waals surface area contributed by atoms with Gasteiger partial charge in [-0.15, -0.1) is 0 Å². The van der Waals surface area contributed by atoms with Crippen molar-refractivity contribution in [2.75, 3.05) is 26.7 Å². The topological polar surface area (TPSA) is 75.7 Å². The van der Waals surface area contributed by atoms with Gasteiger partial charge < -0.3 is 15.0 Å². The Bertz CT molecular complexity index is 613. The van der Waals surface area contributed by atoms with Crippen molar-refractivity contribution in [2.24, 2.45) is 5.92 Å². The second-order valence-electron chi connectivity index (χ2n) is 5.63. The lowest BCUT2D eigenvalue weighted by atomic mass is 9.96. The van der Waals surface area contributed by atoms with Crippen LogP contribution in [0, 0.1) is 5.92 Å². The van der Waals surface area contributed by atoms with Crippen LogP contribution in [0.4, 0.5) is 0 Å². The van der Waals surface area contributed by atoms with Gasteiger partial charge in [0.05, 0.1) is 13.0 Å². The number of hydrogen-bond acceptors (Lipinski definition) is 4. The van der Waals surface area contributed by atoms with Gasteiger partial charge in [0.25, 0.3) is 5.91 Å². The maximum absolute atomic E-state index is 12.5. The number of nitrogens with one attached hydrogen (secondary N) is 1. The Morgan fingerprint density at radius 1 is 1.29 bits per heavy atom. The van der Waals surface area contributed by atoms with Gasteiger partial charge >= 0.3 is 5.97 Å². The Morgan fingerprint density at radius 2 is 2.04 bits per heavy atom. The third-order valence-corrected chi connectivity index (χ3v) is 3.95. The summed E-state index contributed by atoms with van der Waals surface area (Å²) in [5, 5.41) is 2.76. The van der Waals surface area contributed by atoms with E-state index in [1.807, 2.05) is 18.2 Å². The van der Waals surface area contributed by atoms with Crippen LogP contribution in [0.15, 0.2) is 42.5 Å². The van der Waals surface area contributed by atoms with E-state index in [0.29, 0.717) is 18.7 Å². The highest BCUT2D eigenvalue weighted by Crippen LogP contribution is 2.18. The molecule has 0 aromatic heterocycles. The summed E-state index contributed by atoms with van der Waals surface area (Å²) in [7, 11) is 1.30. The number of carbonyl (C=O) groups is 3. The highest BCUT2D eigenvalue weighted by molar-refractivity contribution is 5.94. The molecular formula is C18H22N2O4. The molecule has 1 aromatic carbocycles. The van der Waals surface area contributed by atoms with Gasteiger partial charge in [0.1, 0.15) is 0 Å². The van der Waals surface area contributed by atoms with Crippen LogP contribution in [-0.2, 0) is 14.3 Å². The van der Waals surface area contributed by atoms with Crippen molar-refractivity contribution in [3.8, 4) is 0 Å². The Kier molecular flexibility index (Phi) is 6.54. The molecule has 1 atom stereocenters. The lowest BCUT2D eigenvalue weighted by Crippen LogP contribution is -2.45. The van der Waals surface area contributed by atoms with E-state index in [-0.39, 0.29) is 24.3 Å². The minimum absolute atomic E-state index is 0.0429. The first-order valence-electron chi connectivity index (χ1n) is 7.98. The molecule has 1 aromatic rings. The minimum atomic E-state index is -0.457. The SMILES string of the molecule is COC(=O)/C=C/CNC(=O)[C@H]1CCCN(C(=O)c2ccccc2)C1. The van der Waals surface area contributed by atoms with Gasteiger partial charge in [0.15, 0.2) is 0 Å². The number of benzene rings is 1. The monoisotopic (exact) mass is 330 g/mol. The predicted molar refractivity (Wildman–Crippen MR) is 89.2 cm³/mol. The van der Waals surface area contributed by atoms with Crippen molar-refractivity contribution in [1.29, 1.82) is 0 Å². The molecule has 1 aliphatic rings. The first kappa shape index (κ1) is 17.7. The number of likely N-dealkylation sites (tertiary alicyclic amines) is 1. The number of rotatable bonds is 5. The van der Waals surface area contributed by atoms with E-state index >= 15 is 0 Å². The van der Waals surface area contributed by atoms with Crippen molar-refractivity contribution in [2.45, 2.75) is 12.8 Å². The van der Waals surface area contributed by atoms with E-state index in [2.05, 4.69) is 10.1 Å². The molecule has 1 aliphatic heterocycles. The number of hydrogen-bond donors (Lipinski definition) is 1. The smallest absolute Gasteiger partial charge is 0.330 e. The molecule has 0 radical (unpaired) electrons. The highest BCUT2D eigenvalue weighted by atomic mass is 16.5. The van der Waals surface area contributed by atoms with Crippen LogP contribution in [0.5, 0.6) is 0 Å². The number of ether oxygens (including phenoxy) is 1. The second-order valence-corrected chi connectivity index (χ2v) is 5.63. The average molecular weight is 330 g/mol. The van der Waals surface area contributed by atoms with Gasteiger partial charge in [-0.3, -0.25) is 9.59 Å². The molecule has 1 saturated heterocycles. The largest absolute Gasteiger partial charge is 0.466 e. The van der Waals surface area contributed by atoms with E-state index in [0.717, 1.165) is 12.8 Å². The molecule has 1 fully saturated rings. The van der Waals surface area contributed by atoms with Crippen LogP contribution in [0.2, 0.25) is 0 Å². The normalized spacial score (nSPS) is 17.5. The van der Waals surface area contributed by atoms with Crippen LogP contribution >= 0.6 is 0 Å². The Hall–Kier alpha value is -2.63. The van der Waals surface area contributed by atoms with Gasteiger partial charge in [-0.1, -0.05) is 24.3 Å². The zero-order valence-electron chi connectivity index (χ0n) is 13.7. The van der Waals surface area contributed by atoms with Crippen molar-refractivity contribution < 1.29 is 19.1 Å². The van der Waals surface area contributed by atoms with Gasteiger partial charge in [-0.05, 0) is 25.0 Å². The summed E-state index contributed by atoms with van der Waals surface area (Å²) in [6, 6.07) is 9.09. The van der Waals surface area contributed by atoms with Crippen molar-refractivity contribution in [1.82, 2.24) is 10.2 Å². The Morgan fingerprint density at radius 3 is 2.75 bits per heavy atom. The van der Waals surface area contributed by atoms with Crippen LogP contribution in [-0.4, -0.2) is 49.4 Å². The summed E-state index contributed by atoms with van der Waals surface area (Å²) < 4.78 is 4.47. The molecule has 128 valence electrons. The molecule has 0 spiro atoms. The molecule has 0 saturated carbocycles. The molecule has 2 amide bonds. The second kappa shape index (κ2) is 8.86. The average Bonchev–Trinajstić information content (AvgIpc) is 2.65. The summed E-state index contributed by atoms with van der Waals surface area (Å²) in [6.07, 6.45) is 4.37. The van der Waals surface area contributed by atoms with Gasteiger partial charge in [-0.25, -0.2) is 4.79 Å². The first-order chi connectivity index (χ1) is 11.6. The fourth-order valence-electron chi connectivity index (χ4n) is 2.67. The van der Waals surface area contributed by atoms with Gasteiger partial charge in [0, 0.05) is 31.3 Å². The molecule has 1 heterocycles. The molecule has 0 unspecified atom stereocenters. The third-order valence-electron chi connectivity index (χ3n) is 3.95. The molecule has 1 N–H and O–H groups in total. The highest BCUT2D eigenvalue weighted by Gasteiger charge is 2.28. The van der Waals surface area contributed by atoms with E-state index in [1.54, 1.807) is 23.1 Å². The molecule has 6 nitrogen and oxygen atoms in total. The lowest BCUT2D eigenvalue weighted by molar-refractivity contribution is -0.135. The Labute approximate surface area is 141 Å². The molecular weight excluding hydrogens is 308 g/mol. The van der Waals surface area contributed by atoms with Crippen molar-refractivity contribution >= 4 is 17.8 Å². The van der Waals surface area contributed by atoms with Gasteiger partial charge in [-0.2, -0.15) is 0 Å². The van der Waals surface area contributed by atoms with E-state index in [4.69, 9.17) is 0 Å². The lowest BCUT2D eigenvalue weighted by Gasteiger charge is -2.32. The minimum Gasteiger partial charge on any atom is -0.466 e. The summed E-state index contributed by atoms with van der Waals surface area (Å²) in [6.45, 7) is 1.34. The number of methoxy groups -OCH3 is 1. The first-order valence-corrected chi connectivity index (χ1v) is 7.98. The molecule has 0 aliphatic carbocycles. The molecule has 0 bridgehead atoms. The molecule has 2 rings (SSSR count). The molecule has 6 heteroatoms. The number of amides is 2. The maximum atomic E-state index is 12.5. The van der Waals surface area contributed by atoms with E-state index in [9.17, 15) is 14.4 Å². The summed E-state index contributed by atoms with van der Waals surface area (Å²) >= 11 is 0. The zero-order valence-corrected chi connectivity index (χ0v) is 13.7. The van der Waals surface area contributed by atoms with Crippen molar-refractivity contribution in [3.63, 3.8) is 0 Å². The quantitative estimate of drug-likeness (QED) is 0.654. The fraction of sp³-hybridized carbons (Fsp3) is 0.389. The standard InChI is InChI=1S/C18H22N2O4/c1-24-16(21)10-5-11-19-17(22)15-9-6-12-20(13-15)18(23)14-7-3-2-4-8-14/h2-5,7-8,10,15H,6,9,11-13H2,1H3,(H,19,22)/b10-5+/t15-/m0/s1. The number of carbonyl (C=O) groups excluding carboxylic acids is 3. The number of piperidine rings is 1. The summed E-state index contributed by atoms with van der Waals surface area (Å²) in [5.41, 5.74) is 0.638. The number of nitrogens with zero attached hydrogens (tertiary/aromatic N) is 1. The fourth-order valence-corrected chi connectivity index (χ4v) is 2.67. The predicted octanol–water partition coefficient (Wildman–Crippen LogP) is 1.38. The summed E-state index contributed by atoms with van der Waals surface area (Å²) in [4.78, 5) is 37.4. The van der Waals surface area contributed by atoms with Crippen LogP contribution in [0.25, 0.3) is 0 Å². The Balaban J connectivity index is 1.86. The zero-order chi connectivity index (χ0) is 17.4. The van der Waals surface area contributed by atoms with E-state index < -0.39 is 5.97 Å². The van der Waals surface area contributed by atoms with Crippen LogP contribution in [0.3, 0.4) is 0 Å².